The number of fused-ring (bicyclic) bond motifs is 3. The monoisotopic (exact) mass is 485 g/mol. The van der Waals surface area contributed by atoms with Crippen LogP contribution in [0.15, 0.2) is 42.5 Å². The zero-order chi connectivity index (χ0) is 24.7. The highest BCUT2D eigenvalue weighted by atomic mass is 19.4. The van der Waals surface area contributed by atoms with Crippen molar-refractivity contribution in [3.05, 3.63) is 53.6 Å². The Morgan fingerprint density at radius 2 is 1.89 bits per heavy atom. The molecule has 0 saturated heterocycles. The van der Waals surface area contributed by atoms with Crippen LogP contribution in [0, 0.1) is 0 Å². The molecule has 3 heterocycles. The van der Waals surface area contributed by atoms with Gasteiger partial charge in [0.25, 0.3) is 0 Å². The van der Waals surface area contributed by atoms with Crippen LogP contribution in [0.3, 0.4) is 0 Å². The van der Waals surface area contributed by atoms with E-state index in [1.807, 2.05) is 6.07 Å². The number of benzene rings is 1. The first-order valence-corrected chi connectivity index (χ1v) is 11.0. The SMILES string of the molecule is COc1cc(NC(=O)N2c3nc(-c4cccc(C(F)(F)F)c4)ccc3C3CCCC32)nc(OC)n1. The maximum Gasteiger partial charge on any atom is 0.416 e. The van der Waals surface area contributed by atoms with Gasteiger partial charge in [0.15, 0.2) is 0 Å². The van der Waals surface area contributed by atoms with E-state index >= 15 is 0 Å². The summed E-state index contributed by atoms with van der Waals surface area (Å²) in [4.78, 5) is 27.9. The highest BCUT2D eigenvalue weighted by molar-refractivity contribution is 6.03. The second-order valence-corrected chi connectivity index (χ2v) is 8.38. The predicted octanol–water partition coefficient (Wildman–Crippen LogP) is 5.26. The van der Waals surface area contributed by atoms with Crippen molar-refractivity contribution in [1.29, 1.82) is 0 Å². The molecule has 2 unspecified atom stereocenters. The molecule has 2 amide bonds. The normalized spacial score (nSPS) is 18.7. The first kappa shape index (κ1) is 22.9. The number of aromatic nitrogens is 3. The van der Waals surface area contributed by atoms with Gasteiger partial charge in [-0.2, -0.15) is 23.1 Å². The van der Waals surface area contributed by atoms with Crippen LogP contribution in [-0.2, 0) is 6.18 Å². The third-order valence-electron chi connectivity index (χ3n) is 6.36. The van der Waals surface area contributed by atoms with Crippen molar-refractivity contribution in [2.45, 2.75) is 37.4 Å². The highest BCUT2D eigenvalue weighted by Gasteiger charge is 2.45. The van der Waals surface area contributed by atoms with Crippen molar-refractivity contribution < 1.29 is 27.4 Å². The molecule has 3 aromatic rings. The van der Waals surface area contributed by atoms with Crippen LogP contribution < -0.4 is 19.7 Å². The maximum absolute atomic E-state index is 13.4. The summed E-state index contributed by atoms with van der Waals surface area (Å²) in [6.07, 6.45) is -1.80. The standard InChI is InChI=1S/C24H22F3N5O3/c1-34-20-12-19(29-22(31-20)35-2)30-23(33)32-18-8-4-7-15(18)16-9-10-17(28-21(16)32)13-5-3-6-14(11-13)24(25,26)27/h3,5-6,9-12,15,18H,4,7-8H2,1-2H3,(H,29,30,31,33). The van der Waals surface area contributed by atoms with E-state index in [0.717, 1.165) is 37.0 Å². The van der Waals surface area contributed by atoms with E-state index < -0.39 is 17.8 Å². The number of alkyl halides is 3. The van der Waals surface area contributed by atoms with Gasteiger partial charge in [0.2, 0.25) is 5.88 Å². The van der Waals surface area contributed by atoms with E-state index in [0.29, 0.717) is 17.1 Å². The van der Waals surface area contributed by atoms with Gasteiger partial charge in [0.05, 0.1) is 25.5 Å². The molecule has 2 aromatic heterocycles. The molecule has 1 aromatic carbocycles. The molecule has 2 aliphatic rings. The molecule has 1 N–H and O–H groups in total. The van der Waals surface area contributed by atoms with Gasteiger partial charge in [-0.3, -0.25) is 10.2 Å². The van der Waals surface area contributed by atoms with E-state index in [1.165, 1.54) is 26.4 Å². The predicted molar refractivity (Wildman–Crippen MR) is 122 cm³/mol. The van der Waals surface area contributed by atoms with Gasteiger partial charge in [0.1, 0.15) is 11.6 Å². The lowest BCUT2D eigenvalue weighted by Crippen LogP contribution is -2.41. The molecule has 2 atom stereocenters. The van der Waals surface area contributed by atoms with Crippen molar-refractivity contribution in [3.8, 4) is 23.1 Å². The van der Waals surface area contributed by atoms with Crippen LogP contribution in [0.4, 0.5) is 29.6 Å². The average molecular weight is 485 g/mol. The van der Waals surface area contributed by atoms with Gasteiger partial charge < -0.3 is 9.47 Å². The molecule has 8 nitrogen and oxygen atoms in total. The Labute approximate surface area is 199 Å². The first-order chi connectivity index (χ1) is 16.8. The summed E-state index contributed by atoms with van der Waals surface area (Å²) in [5.74, 6) is 0.974. The summed E-state index contributed by atoms with van der Waals surface area (Å²) >= 11 is 0. The molecule has 0 radical (unpaired) electrons. The number of ether oxygens (including phenoxy) is 2. The summed E-state index contributed by atoms with van der Waals surface area (Å²) in [5.41, 5.74) is 0.843. The molecule has 11 heteroatoms. The Morgan fingerprint density at radius 1 is 1.06 bits per heavy atom. The van der Waals surface area contributed by atoms with Crippen LogP contribution in [0.25, 0.3) is 11.3 Å². The minimum absolute atomic E-state index is 0.0326. The Kier molecular flexibility index (Phi) is 5.70. The van der Waals surface area contributed by atoms with Crippen molar-refractivity contribution in [2.75, 3.05) is 24.4 Å². The lowest BCUT2D eigenvalue weighted by Gasteiger charge is -2.24. The summed E-state index contributed by atoms with van der Waals surface area (Å²) < 4.78 is 49.9. The number of pyridine rings is 1. The summed E-state index contributed by atoms with van der Waals surface area (Å²) in [6, 6.07) is 9.54. The Hall–Kier alpha value is -3.89. The number of anilines is 2. The number of nitrogens with one attached hydrogen (secondary N) is 1. The second-order valence-electron chi connectivity index (χ2n) is 8.38. The molecule has 1 aliphatic carbocycles. The van der Waals surface area contributed by atoms with Crippen LogP contribution in [0.5, 0.6) is 11.9 Å². The third-order valence-corrected chi connectivity index (χ3v) is 6.36. The largest absolute Gasteiger partial charge is 0.481 e. The number of carbonyl (C=O) groups is 1. The fraction of sp³-hybridized carbons (Fsp3) is 0.333. The molecule has 35 heavy (non-hydrogen) atoms. The molecule has 0 bridgehead atoms. The van der Waals surface area contributed by atoms with E-state index in [1.54, 1.807) is 17.0 Å². The molecule has 1 aliphatic heterocycles. The van der Waals surface area contributed by atoms with E-state index in [9.17, 15) is 18.0 Å². The fourth-order valence-electron chi connectivity index (χ4n) is 4.81. The maximum atomic E-state index is 13.4. The topological polar surface area (TPSA) is 89.5 Å². The minimum atomic E-state index is -4.46. The van der Waals surface area contributed by atoms with Crippen molar-refractivity contribution >= 4 is 17.7 Å². The van der Waals surface area contributed by atoms with Gasteiger partial charge in [-0.05, 0) is 31.0 Å². The van der Waals surface area contributed by atoms with Crippen molar-refractivity contribution in [1.82, 2.24) is 15.0 Å². The molecule has 182 valence electrons. The molecular formula is C24H22F3N5O3. The van der Waals surface area contributed by atoms with Gasteiger partial charge in [-0.15, -0.1) is 0 Å². The first-order valence-electron chi connectivity index (χ1n) is 11.0. The molecular weight excluding hydrogens is 463 g/mol. The number of hydrogen-bond acceptors (Lipinski definition) is 6. The fourth-order valence-corrected chi connectivity index (χ4v) is 4.81. The van der Waals surface area contributed by atoms with Gasteiger partial charge >= 0.3 is 18.2 Å². The second kappa shape index (κ2) is 8.71. The number of halogens is 3. The smallest absolute Gasteiger partial charge is 0.416 e. The lowest BCUT2D eigenvalue weighted by molar-refractivity contribution is -0.137. The quantitative estimate of drug-likeness (QED) is 0.542. The minimum Gasteiger partial charge on any atom is -0.481 e. The highest BCUT2D eigenvalue weighted by Crippen LogP contribution is 2.49. The number of hydrogen-bond donors (Lipinski definition) is 1. The zero-order valence-corrected chi connectivity index (χ0v) is 19.0. The Bertz CT molecular complexity index is 1260. The zero-order valence-electron chi connectivity index (χ0n) is 19.0. The molecule has 0 spiro atoms. The van der Waals surface area contributed by atoms with Crippen LogP contribution in [-0.4, -0.2) is 41.2 Å². The number of carbonyl (C=O) groups excluding carboxylic acids is 1. The van der Waals surface area contributed by atoms with Crippen molar-refractivity contribution in [2.24, 2.45) is 0 Å². The lowest BCUT2D eigenvalue weighted by atomic mass is 9.98. The summed E-state index contributed by atoms with van der Waals surface area (Å²) in [7, 11) is 2.84. The van der Waals surface area contributed by atoms with E-state index in [-0.39, 0.29) is 29.7 Å². The number of rotatable bonds is 4. The van der Waals surface area contributed by atoms with Crippen LogP contribution in [0.2, 0.25) is 0 Å². The van der Waals surface area contributed by atoms with Gasteiger partial charge in [-0.1, -0.05) is 24.6 Å². The van der Waals surface area contributed by atoms with Crippen molar-refractivity contribution in [3.63, 3.8) is 0 Å². The summed E-state index contributed by atoms with van der Waals surface area (Å²) in [5, 5.41) is 2.76. The Balaban J connectivity index is 1.51. The van der Waals surface area contributed by atoms with Gasteiger partial charge in [0, 0.05) is 29.2 Å². The van der Waals surface area contributed by atoms with E-state index in [2.05, 4.69) is 20.3 Å². The van der Waals surface area contributed by atoms with Crippen LogP contribution in [0.1, 0.15) is 36.3 Å². The molecule has 1 fully saturated rings. The molecule has 5 rings (SSSR count). The average Bonchev–Trinajstić information content (AvgIpc) is 3.43. The molecule has 1 saturated carbocycles. The third kappa shape index (κ3) is 4.22. The van der Waals surface area contributed by atoms with Gasteiger partial charge in [-0.25, -0.2) is 9.78 Å². The number of urea groups is 1. The number of nitrogens with zero attached hydrogens (tertiary/aromatic N) is 4. The van der Waals surface area contributed by atoms with Crippen LogP contribution >= 0.6 is 0 Å². The van der Waals surface area contributed by atoms with E-state index in [4.69, 9.17) is 9.47 Å². The summed E-state index contributed by atoms with van der Waals surface area (Å²) in [6.45, 7) is 0. The number of amides is 2. The number of methoxy groups -OCH3 is 2. The Morgan fingerprint density at radius 3 is 2.63 bits per heavy atom.